The second kappa shape index (κ2) is 7.46. The van der Waals surface area contributed by atoms with E-state index in [1.165, 1.54) is 24.5 Å². The number of nitriles is 2. The van der Waals surface area contributed by atoms with Gasteiger partial charge < -0.3 is 0 Å². The van der Waals surface area contributed by atoms with Crippen molar-refractivity contribution in [1.29, 1.82) is 10.5 Å². The fraction of sp³-hybridized carbons (Fsp3) is 0.176. The van der Waals surface area contributed by atoms with Crippen LogP contribution in [0.4, 0.5) is 37.7 Å². The van der Waals surface area contributed by atoms with E-state index >= 15 is 0 Å². The Balaban J connectivity index is 2.43. The molecule has 0 fully saturated rings. The number of nitrogens with one attached hydrogen (secondary N) is 2. The quantitative estimate of drug-likeness (QED) is 0.437. The average Bonchev–Trinajstić information content (AvgIpc) is 2.56. The van der Waals surface area contributed by atoms with E-state index in [1.54, 1.807) is 0 Å². The molecule has 4 nitrogen and oxygen atoms in total. The molecule has 0 aliphatic heterocycles. The van der Waals surface area contributed by atoms with Crippen molar-refractivity contribution in [2.45, 2.75) is 18.8 Å². The summed E-state index contributed by atoms with van der Waals surface area (Å²) in [5, 5.41) is 20.9. The number of halogens is 6. The van der Waals surface area contributed by atoms with Crippen LogP contribution in [-0.2, 0) is 18.8 Å². The van der Waals surface area contributed by atoms with Gasteiger partial charge in [0.25, 0.3) is 0 Å². The molecular formula is C17H10F6N4. The first-order valence-electron chi connectivity index (χ1n) is 7.26. The van der Waals surface area contributed by atoms with Crippen molar-refractivity contribution >= 4 is 11.4 Å². The van der Waals surface area contributed by atoms with Crippen LogP contribution in [0.25, 0.3) is 0 Å². The highest BCUT2D eigenvalue weighted by Gasteiger charge is 2.35. The van der Waals surface area contributed by atoms with Gasteiger partial charge in [0.05, 0.1) is 22.5 Å². The number of nitrogens with zero attached hydrogens (tertiary/aromatic N) is 2. The van der Waals surface area contributed by atoms with Crippen LogP contribution in [0.15, 0.2) is 36.4 Å². The first-order valence-corrected chi connectivity index (χ1v) is 7.26. The Morgan fingerprint density at radius 2 is 1.07 bits per heavy atom. The van der Waals surface area contributed by atoms with Gasteiger partial charge >= 0.3 is 12.4 Å². The Morgan fingerprint density at radius 3 is 1.37 bits per heavy atom. The molecule has 0 saturated heterocycles. The van der Waals surface area contributed by atoms with Gasteiger partial charge in [0, 0.05) is 0 Å². The molecule has 0 amide bonds. The minimum Gasteiger partial charge on any atom is -0.292 e. The molecule has 140 valence electrons. The van der Waals surface area contributed by atoms with Crippen molar-refractivity contribution < 1.29 is 26.3 Å². The van der Waals surface area contributed by atoms with Crippen LogP contribution in [-0.4, -0.2) is 0 Å². The molecule has 27 heavy (non-hydrogen) atoms. The molecule has 10 heteroatoms. The number of hydrogen-bond acceptors (Lipinski definition) is 4. The molecule has 0 spiro atoms. The van der Waals surface area contributed by atoms with Crippen molar-refractivity contribution in [2.24, 2.45) is 0 Å². The molecule has 0 aliphatic carbocycles. The van der Waals surface area contributed by atoms with Gasteiger partial charge in [0.1, 0.15) is 0 Å². The lowest BCUT2D eigenvalue weighted by molar-refractivity contribution is -0.137. The van der Waals surface area contributed by atoms with Gasteiger partial charge in [-0.3, -0.25) is 10.6 Å². The number of benzene rings is 2. The van der Waals surface area contributed by atoms with Gasteiger partial charge in [-0.1, -0.05) is 12.1 Å². The molecule has 0 aliphatic rings. The fourth-order valence-electron chi connectivity index (χ4n) is 2.45. The molecule has 0 aromatic heterocycles. The predicted octanol–water partition coefficient (Wildman–Crippen LogP) is 5.10. The van der Waals surface area contributed by atoms with Gasteiger partial charge in [0.2, 0.25) is 0 Å². The molecule has 0 atom stereocenters. The number of hydrogen-bond donors (Lipinski definition) is 2. The van der Waals surface area contributed by atoms with E-state index in [9.17, 15) is 26.3 Å². The van der Waals surface area contributed by atoms with E-state index in [0.29, 0.717) is 0 Å². The molecule has 0 saturated carbocycles. The largest absolute Gasteiger partial charge is 0.418 e. The smallest absolute Gasteiger partial charge is 0.292 e. The van der Waals surface area contributed by atoms with Crippen LogP contribution in [0.3, 0.4) is 0 Å². The second-order valence-corrected chi connectivity index (χ2v) is 5.41. The van der Waals surface area contributed by atoms with E-state index < -0.39 is 34.9 Å². The maximum Gasteiger partial charge on any atom is 0.418 e. The Hall–Kier alpha value is -3.40. The molecule has 0 unspecified atom stereocenters. The van der Waals surface area contributed by atoms with Crippen molar-refractivity contribution in [3.8, 4) is 12.4 Å². The Labute approximate surface area is 149 Å². The zero-order valence-electron chi connectivity index (χ0n) is 13.3. The van der Waals surface area contributed by atoms with Crippen molar-refractivity contribution in [1.82, 2.24) is 0 Å². The Bertz CT molecular complexity index is 843. The minimum absolute atomic E-state index is 0.111. The summed E-state index contributed by atoms with van der Waals surface area (Å²) in [5.74, 6) is 0. The van der Waals surface area contributed by atoms with E-state index in [1.807, 2.05) is 10.6 Å². The topological polar surface area (TPSA) is 71.6 Å². The predicted molar refractivity (Wildman–Crippen MR) is 84.2 cm³/mol. The van der Waals surface area contributed by atoms with Gasteiger partial charge in [-0.05, 0) is 41.8 Å². The summed E-state index contributed by atoms with van der Waals surface area (Å²) in [6.07, 6.45) is -6.89. The summed E-state index contributed by atoms with van der Waals surface area (Å²) in [5.41, 5.74) is -2.86. The van der Waals surface area contributed by atoms with Crippen molar-refractivity contribution in [3.63, 3.8) is 0 Å². The van der Waals surface area contributed by atoms with Crippen LogP contribution < -0.4 is 10.6 Å². The maximum atomic E-state index is 13.1. The lowest BCUT2D eigenvalue weighted by Crippen LogP contribution is -2.11. The SMILES string of the molecule is N#CNc1ccc(Cc2ccc(NC#N)c(C(F)(F)F)c2)cc1C(F)(F)F. The normalized spacial score (nSPS) is 11.4. The second-order valence-electron chi connectivity index (χ2n) is 5.41. The lowest BCUT2D eigenvalue weighted by Gasteiger charge is -2.15. The van der Waals surface area contributed by atoms with Crippen LogP contribution >= 0.6 is 0 Å². The molecule has 2 aromatic carbocycles. The molecular weight excluding hydrogens is 374 g/mol. The van der Waals surface area contributed by atoms with Gasteiger partial charge in [-0.2, -0.15) is 36.9 Å². The highest BCUT2D eigenvalue weighted by molar-refractivity contribution is 5.58. The van der Waals surface area contributed by atoms with Crippen molar-refractivity contribution in [2.75, 3.05) is 10.6 Å². The summed E-state index contributed by atoms with van der Waals surface area (Å²) in [6, 6.07) is 6.19. The Kier molecular flexibility index (Phi) is 5.50. The molecule has 2 N–H and O–H groups in total. The van der Waals surface area contributed by atoms with E-state index in [2.05, 4.69) is 0 Å². The summed E-state index contributed by atoms with van der Waals surface area (Å²) >= 11 is 0. The van der Waals surface area contributed by atoms with Crippen LogP contribution in [0.5, 0.6) is 0 Å². The van der Waals surface area contributed by atoms with E-state index in [4.69, 9.17) is 10.5 Å². The minimum atomic E-state index is -4.74. The summed E-state index contributed by atoms with van der Waals surface area (Å²) in [4.78, 5) is 0. The molecule has 0 radical (unpaired) electrons. The zero-order valence-corrected chi connectivity index (χ0v) is 13.3. The highest BCUT2D eigenvalue weighted by atomic mass is 19.4. The highest BCUT2D eigenvalue weighted by Crippen LogP contribution is 2.37. The Morgan fingerprint density at radius 1 is 0.704 bits per heavy atom. The van der Waals surface area contributed by atoms with Crippen molar-refractivity contribution in [3.05, 3.63) is 58.7 Å². The molecule has 2 rings (SSSR count). The third-order valence-corrected chi connectivity index (χ3v) is 3.57. The fourth-order valence-corrected chi connectivity index (χ4v) is 2.45. The lowest BCUT2D eigenvalue weighted by atomic mass is 9.99. The summed E-state index contributed by atoms with van der Waals surface area (Å²) in [6.45, 7) is 0. The van der Waals surface area contributed by atoms with Crippen LogP contribution in [0.2, 0.25) is 0 Å². The number of alkyl halides is 6. The van der Waals surface area contributed by atoms with Gasteiger partial charge in [-0.15, -0.1) is 0 Å². The molecule has 2 aromatic rings. The molecule has 0 bridgehead atoms. The number of rotatable bonds is 4. The van der Waals surface area contributed by atoms with Gasteiger partial charge in [-0.25, -0.2) is 0 Å². The third kappa shape index (κ3) is 4.82. The molecule has 0 heterocycles. The third-order valence-electron chi connectivity index (χ3n) is 3.57. The average molecular weight is 384 g/mol. The zero-order chi connectivity index (χ0) is 20.2. The summed E-state index contributed by atoms with van der Waals surface area (Å²) in [7, 11) is 0. The first kappa shape index (κ1) is 19.9. The number of anilines is 2. The van der Waals surface area contributed by atoms with Crippen LogP contribution in [0, 0.1) is 22.9 Å². The standard InChI is InChI=1S/C17H10F6N4/c18-16(19,20)12-6-10(1-3-14(12)26-8-24)5-11-2-4-15(27-9-25)13(7-11)17(21,22)23/h1-4,6-7,26-27H,5H2. The van der Waals surface area contributed by atoms with E-state index in [-0.39, 0.29) is 17.5 Å². The first-order chi connectivity index (χ1) is 12.6. The van der Waals surface area contributed by atoms with E-state index in [0.717, 1.165) is 24.3 Å². The van der Waals surface area contributed by atoms with Crippen LogP contribution in [0.1, 0.15) is 22.3 Å². The van der Waals surface area contributed by atoms with Gasteiger partial charge in [0.15, 0.2) is 12.4 Å². The maximum absolute atomic E-state index is 13.1. The summed E-state index contributed by atoms with van der Waals surface area (Å²) < 4.78 is 78.7. The monoisotopic (exact) mass is 384 g/mol.